The van der Waals surface area contributed by atoms with E-state index in [2.05, 4.69) is 16.0 Å². The summed E-state index contributed by atoms with van der Waals surface area (Å²) < 4.78 is 5.69. The normalized spacial score (nSPS) is 39.9. The molecule has 0 aromatic carbocycles. The van der Waals surface area contributed by atoms with Crippen molar-refractivity contribution < 1.29 is 34.1 Å². The lowest BCUT2D eigenvalue weighted by Crippen LogP contribution is -2.63. The van der Waals surface area contributed by atoms with Crippen molar-refractivity contribution in [3.8, 4) is 0 Å². The van der Waals surface area contributed by atoms with Crippen molar-refractivity contribution in [3.63, 3.8) is 0 Å². The molecule has 0 unspecified atom stereocenters. The van der Waals surface area contributed by atoms with Crippen molar-refractivity contribution in [2.45, 2.75) is 68.2 Å². The molecule has 0 aromatic heterocycles. The van der Waals surface area contributed by atoms with Crippen molar-refractivity contribution in [1.29, 1.82) is 0 Å². The fourth-order valence-corrected chi connectivity index (χ4v) is 5.24. The van der Waals surface area contributed by atoms with Gasteiger partial charge >= 0.3 is 0 Å². The van der Waals surface area contributed by atoms with Gasteiger partial charge in [0.25, 0.3) is 0 Å². The minimum absolute atomic E-state index is 0.0582. The quantitative estimate of drug-likeness (QED) is 0.264. The van der Waals surface area contributed by atoms with Crippen molar-refractivity contribution in [2.24, 2.45) is 5.92 Å². The number of ether oxygens (including phenoxy) is 1. The molecule has 4 amide bonds. The number of amides is 4. The van der Waals surface area contributed by atoms with Gasteiger partial charge in [-0.05, 0) is 19.3 Å². The van der Waals surface area contributed by atoms with Gasteiger partial charge in [0.15, 0.2) is 0 Å². The molecule has 0 spiro atoms. The third kappa shape index (κ3) is 4.44. The predicted octanol–water partition coefficient (Wildman–Crippen LogP) is -3.71. The summed E-state index contributed by atoms with van der Waals surface area (Å²) in [4.78, 5) is 54.7. The first-order valence-electron chi connectivity index (χ1n) is 11.7. The SMILES string of the molecule is O=C1C[C@@H]2O[C@H](CNC(=O)[C@@H]3CN(CCN3C(=O)C3CC3)C(=O)[C@@H]3C[C@@H](CN3)N1)[C@@H](O)[C@H]2O. The average molecular weight is 466 g/mol. The Balaban J connectivity index is 1.38. The van der Waals surface area contributed by atoms with E-state index in [0.717, 1.165) is 12.8 Å². The minimum atomic E-state index is -1.26. The van der Waals surface area contributed by atoms with Gasteiger partial charge in [-0.3, -0.25) is 19.2 Å². The Kier molecular flexibility index (Phi) is 6.02. The summed E-state index contributed by atoms with van der Waals surface area (Å²) >= 11 is 0. The van der Waals surface area contributed by atoms with Gasteiger partial charge in [-0.1, -0.05) is 0 Å². The summed E-state index contributed by atoms with van der Waals surface area (Å²) in [6, 6.07) is -1.58. The molecule has 33 heavy (non-hydrogen) atoms. The lowest BCUT2D eigenvalue weighted by Gasteiger charge is -2.41. The summed E-state index contributed by atoms with van der Waals surface area (Å²) in [5.41, 5.74) is 0. The van der Waals surface area contributed by atoms with Crippen molar-refractivity contribution >= 4 is 23.6 Å². The number of aliphatic hydroxyl groups is 2. The lowest BCUT2D eigenvalue weighted by molar-refractivity contribution is -0.150. The van der Waals surface area contributed by atoms with E-state index in [-0.39, 0.29) is 55.7 Å². The van der Waals surface area contributed by atoms with Gasteiger partial charge in [0, 0.05) is 38.1 Å². The maximum Gasteiger partial charge on any atom is 0.244 e. The fourth-order valence-electron chi connectivity index (χ4n) is 5.24. The number of nitrogens with one attached hydrogen (secondary N) is 3. The minimum Gasteiger partial charge on any atom is -0.388 e. The fraction of sp³-hybridized carbons (Fsp3) is 0.810. The van der Waals surface area contributed by atoms with E-state index in [0.29, 0.717) is 19.5 Å². The zero-order chi connectivity index (χ0) is 23.3. The second kappa shape index (κ2) is 8.82. The molecule has 182 valence electrons. The van der Waals surface area contributed by atoms with Gasteiger partial charge in [-0.25, -0.2) is 0 Å². The second-order valence-corrected chi connectivity index (χ2v) is 9.71. The number of fused-ring (bicyclic) bond motifs is 6. The Labute approximate surface area is 191 Å². The van der Waals surface area contributed by atoms with Gasteiger partial charge in [-0.15, -0.1) is 0 Å². The van der Waals surface area contributed by atoms with Gasteiger partial charge in [0.2, 0.25) is 23.6 Å². The average Bonchev–Trinajstić information content (AvgIpc) is 3.50. The van der Waals surface area contributed by atoms with Crippen LogP contribution in [0.25, 0.3) is 0 Å². The second-order valence-electron chi connectivity index (χ2n) is 9.71. The Hall–Kier alpha value is -2.28. The molecular formula is C21H31N5O7. The molecule has 1 aliphatic carbocycles. The molecule has 7 atom stereocenters. The maximum atomic E-state index is 13.1. The maximum absolute atomic E-state index is 13.1. The van der Waals surface area contributed by atoms with Crippen LogP contribution in [0.3, 0.4) is 0 Å². The molecule has 4 saturated heterocycles. The van der Waals surface area contributed by atoms with E-state index < -0.39 is 42.4 Å². The molecule has 5 N–H and O–H groups in total. The monoisotopic (exact) mass is 465 g/mol. The van der Waals surface area contributed by atoms with Crippen molar-refractivity contribution in [3.05, 3.63) is 0 Å². The number of rotatable bonds is 1. The van der Waals surface area contributed by atoms with E-state index in [1.54, 1.807) is 9.80 Å². The van der Waals surface area contributed by atoms with Crippen LogP contribution in [0.4, 0.5) is 0 Å². The number of aliphatic hydroxyl groups excluding tert-OH is 2. The highest BCUT2D eigenvalue weighted by molar-refractivity contribution is 5.91. The van der Waals surface area contributed by atoms with Gasteiger partial charge < -0.3 is 40.7 Å². The molecular weight excluding hydrogens is 434 g/mol. The third-order valence-electron chi connectivity index (χ3n) is 7.32. The van der Waals surface area contributed by atoms with Crippen LogP contribution in [0.2, 0.25) is 0 Å². The van der Waals surface area contributed by atoms with Crippen LogP contribution in [0, 0.1) is 5.92 Å². The van der Waals surface area contributed by atoms with E-state index in [1.165, 1.54) is 0 Å². The highest BCUT2D eigenvalue weighted by atomic mass is 16.5. The summed E-state index contributed by atoms with van der Waals surface area (Å²) in [5.74, 6) is -1.04. The smallest absolute Gasteiger partial charge is 0.244 e. The highest BCUT2D eigenvalue weighted by Gasteiger charge is 2.46. The first kappa shape index (κ1) is 22.5. The summed E-state index contributed by atoms with van der Waals surface area (Å²) in [6.07, 6.45) is -2.43. The van der Waals surface area contributed by atoms with Crippen LogP contribution in [-0.4, -0.2) is 119 Å². The van der Waals surface area contributed by atoms with Gasteiger partial charge in [-0.2, -0.15) is 0 Å². The summed E-state index contributed by atoms with van der Waals surface area (Å²) in [7, 11) is 0. The highest BCUT2D eigenvalue weighted by Crippen LogP contribution is 2.32. The van der Waals surface area contributed by atoms with Crippen molar-refractivity contribution in [1.82, 2.24) is 25.8 Å². The van der Waals surface area contributed by atoms with E-state index >= 15 is 0 Å². The Morgan fingerprint density at radius 1 is 1.03 bits per heavy atom. The number of carbonyl (C=O) groups is 4. The van der Waals surface area contributed by atoms with Crippen LogP contribution in [0.1, 0.15) is 25.7 Å². The lowest BCUT2D eigenvalue weighted by atomic mass is 10.0. The third-order valence-corrected chi connectivity index (χ3v) is 7.32. The molecule has 12 heteroatoms. The van der Waals surface area contributed by atoms with E-state index in [4.69, 9.17) is 4.74 Å². The molecule has 12 nitrogen and oxygen atoms in total. The Bertz CT molecular complexity index is 836. The molecule has 4 aliphatic heterocycles. The number of hydrogen-bond donors (Lipinski definition) is 5. The zero-order valence-electron chi connectivity index (χ0n) is 18.3. The number of hydrogen-bond acceptors (Lipinski definition) is 8. The molecule has 1 saturated carbocycles. The Morgan fingerprint density at radius 2 is 1.79 bits per heavy atom. The van der Waals surface area contributed by atoms with Crippen LogP contribution in [-0.2, 0) is 23.9 Å². The van der Waals surface area contributed by atoms with Gasteiger partial charge in [0.1, 0.15) is 24.4 Å². The largest absolute Gasteiger partial charge is 0.388 e. The molecule has 6 bridgehead atoms. The van der Waals surface area contributed by atoms with Crippen LogP contribution in [0.5, 0.6) is 0 Å². The molecule has 5 aliphatic rings. The van der Waals surface area contributed by atoms with Crippen LogP contribution < -0.4 is 16.0 Å². The van der Waals surface area contributed by atoms with E-state index in [9.17, 15) is 29.4 Å². The molecule has 4 heterocycles. The van der Waals surface area contributed by atoms with Crippen LogP contribution in [0.15, 0.2) is 0 Å². The zero-order valence-corrected chi connectivity index (χ0v) is 18.3. The number of nitrogens with zero attached hydrogens (tertiary/aromatic N) is 2. The molecule has 5 rings (SSSR count). The Morgan fingerprint density at radius 3 is 2.55 bits per heavy atom. The number of piperazine rings is 1. The van der Waals surface area contributed by atoms with Crippen molar-refractivity contribution in [2.75, 3.05) is 32.7 Å². The predicted molar refractivity (Wildman–Crippen MR) is 111 cm³/mol. The summed E-state index contributed by atoms with van der Waals surface area (Å²) in [6.45, 7) is 1.03. The standard InChI is InChI=1S/C21H31N5O7/c27-16-6-14-17(28)18(29)15(33-14)8-23-19(30)13-9-25(3-4-26(13)20(31)10-1-2-10)21(32)12-5-11(24-16)7-22-12/h10-15,17-18,22,28-29H,1-9H2,(H,23,30)(H,24,27)/t11-,12-,13-,14-,15+,17-,18+/m0/s1. The van der Waals surface area contributed by atoms with E-state index in [1.807, 2.05) is 0 Å². The molecule has 5 fully saturated rings. The van der Waals surface area contributed by atoms with Crippen LogP contribution >= 0.6 is 0 Å². The number of carbonyl (C=O) groups excluding carboxylic acids is 4. The first-order chi connectivity index (χ1) is 15.8. The summed E-state index contributed by atoms with van der Waals surface area (Å²) in [5, 5.41) is 29.4. The van der Waals surface area contributed by atoms with Gasteiger partial charge in [0.05, 0.1) is 25.1 Å². The topological polar surface area (TPSA) is 161 Å². The first-order valence-corrected chi connectivity index (χ1v) is 11.7. The molecule has 0 radical (unpaired) electrons. The molecule has 0 aromatic rings.